The van der Waals surface area contributed by atoms with Gasteiger partial charge in [0.05, 0.1) is 5.69 Å². The quantitative estimate of drug-likeness (QED) is 0.699. The lowest BCUT2D eigenvalue weighted by Crippen LogP contribution is -2.08. The van der Waals surface area contributed by atoms with E-state index in [4.69, 9.17) is 0 Å². The summed E-state index contributed by atoms with van der Waals surface area (Å²) in [5, 5.41) is 2.19. The second kappa shape index (κ2) is 3.80. The van der Waals surface area contributed by atoms with Crippen molar-refractivity contribution in [1.82, 2.24) is 0 Å². The summed E-state index contributed by atoms with van der Waals surface area (Å²) < 4.78 is 25.3. The highest BCUT2D eigenvalue weighted by Gasteiger charge is 2.04. The third-order valence-electron chi connectivity index (χ3n) is 1.37. The monoisotopic (exact) mass is 183 g/mol. The van der Waals surface area contributed by atoms with Crippen LogP contribution >= 0.6 is 0 Å². The topological polar surface area (TPSA) is 29.1 Å². The molecule has 0 aromatic heterocycles. The van der Waals surface area contributed by atoms with E-state index < -0.39 is 17.5 Å². The van der Waals surface area contributed by atoms with Gasteiger partial charge in [-0.2, -0.15) is 0 Å². The summed E-state index contributed by atoms with van der Waals surface area (Å²) in [5.74, 6) is -2.03. The second-order valence-corrected chi connectivity index (χ2v) is 2.32. The molecule has 1 aromatic rings. The minimum Gasteiger partial charge on any atom is -0.320 e. The van der Waals surface area contributed by atoms with Crippen LogP contribution < -0.4 is 5.32 Å². The lowest BCUT2D eigenvalue weighted by molar-refractivity contribution is -0.111. The summed E-state index contributed by atoms with van der Waals surface area (Å²) in [4.78, 5) is 10.7. The fourth-order valence-corrected chi connectivity index (χ4v) is 0.775. The third-order valence-corrected chi connectivity index (χ3v) is 1.37. The predicted octanol–water partition coefficient (Wildman–Crippen LogP) is 2.09. The zero-order valence-electron chi connectivity index (χ0n) is 6.68. The molecule has 1 N–H and O–H groups in total. The SMILES string of the molecule is C=CC(=O)Nc1ccc(F)cc1F. The average molecular weight is 183 g/mol. The van der Waals surface area contributed by atoms with Gasteiger partial charge >= 0.3 is 0 Å². The molecule has 2 nitrogen and oxygen atoms in total. The number of amides is 1. The van der Waals surface area contributed by atoms with Gasteiger partial charge in [-0.05, 0) is 18.2 Å². The Morgan fingerprint density at radius 2 is 2.15 bits per heavy atom. The standard InChI is InChI=1S/C9H7F2NO/c1-2-9(13)12-8-4-3-6(10)5-7(8)11/h2-5H,1H2,(H,12,13). The minimum absolute atomic E-state index is 0.0636. The molecule has 0 aliphatic heterocycles. The van der Waals surface area contributed by atoms with E-state index in [1.165, 1.54) is 0 Å². The first kappa shape index (κ1) is 9.38. The number of hydrogen-bond donors (Lipinski definition) is 1. The molecule has 0 saturated carbocycles. The van der Waals surface area contributed by atoms with E-state index in [0.717, 1.165) is 18.2 Å². The summed E-state index contributed by atoms with van der Waals surface area (Å²) in [6.07, 6.45) is 1.00. The molecule has 0 heterocycles. The van der Waals surface area contributed by atoms with Crippen molar-refractivity contribution in [3.8, 4) is 0 Å². The van der Waals surface area contributed by atoms with Crippen molar-refractivity contribution in [3.63, 3.8) is 0 Å². The Hall–Kier alpha value is -1.71. The molecule has 0 bridgehead atoms. The van der Waals surface area contributed by atoms with Gasteiger partial charge < -0.3 is 5.32 Å². The van der Waals surface area contributed by atoms with Crippen molar-refractivity contribution in [2.45, 2.75) is 0 Å². The maximum atomic E-state index is 12.9. The third kappa shape index (κ3) is 2.37. The molecule has 0 saturated heterocycles. The van der Waals surface area contributed by atoms with Gasteiger partial charge in [0, 0.05) is 6.07 Å². The molecular weight excluding hydrogens is 176 g/mol. The first-order chi connectivity index (χ1) is 6.13. The van der Waals surface area contributed by atoms with Gasteiger partial charge in [-0.15, -0.1) is 0 Å². The molecule has 0 radical (unpaired) electrons. The Kier molecular flexibility index (Phi) is 2.74. The normalized spacial score (nSPS) is 9.38. The van der Waals surface area contributed by atoms with Crippen LogP contribution in [0.5, 0.6) is 0 Å². The van der Waals surface area contributed by atoms with Crippen LogP contribution in [0.2, 0.25) is 0 Å². The minimum atomic E-state index is -0.810. The molecular formula is C9H7F2NO. The molecule has 0 aliphatic rings. The van der Waals surface area contributed by atoms with Gasteiger partial charge in [-0.25, -0.2) is 8.78 Å². The number of halogens is 2. The first-order valence-electron chi connectivity index (χ1n) is 3.52. The molecule has 0 atom stereocenters. The van der Waals surface area contributed by atoms with Crippen LogP contribution in [-0.4, -0.2) is 5.91 Å². The molecule has 0 fully saturated rings. The number of benzene rings is 1. The second-order valence-electron chi connectivity index (χ2n) is 2.32. The number of nitrogens with one attached hydrogen (secondary N) is 1. The first-order valence-corrected chi connectivity index (χ1v) is 3.52. The number of hydrogen-bond acceptors (Lipinski definition) is 1. The van der Waals surface area contributed by atoms with E-state index in [1.807, 2.05) is 0 Å². The molecule has 0 spiro atoms. The zero-order chi connectivity index (χ0) is 9.84. The van der Waals surface area contributed by atoms with Gasteiger partial charge in [-0.1, -0.05) is 6.58 Å². The van der Waals surface area contributed by atoms with E-state index in [0.29, 0.717) is 6.07 Å². The Labute approximate surface area is 73.9 Å². The van der Waals surface area contributed by atoms with Crippen molar-refractivity contribution in [2.75, 3.05) is 5.32 Å². The van der Waals surface area contributed by atoms with Crippen LogP contribution in [0.4, 0.5) is 14.5 Å². The molecule has 68 valence electrons. The zero-order valence-corrected chi connectivity index (χ0v) is 6.68. The Balaban J connectivity index is 2.89. The fourth-order valence-electron chi connectivity index (χ4n) is 0.775. The summed E-state index contributed by atoms with van der Waals surface area (Å²) in [6, 6.07) is 2.90. The molecule has 13 heavy (non-hydrogen) atoms. The van der Waals surface area contributed by atoms with Crippen LogP contribution in [0, 0.1) is 11.6 Å². The Morgan fingerprint density at radius 3 is 2.69 bits per heavy atom. The lowest BCUT2D eigenvalue weighted by atomic mass is 10.3. The highest BCUT2D eigenvalue weighted by Crippen LogP contribution is 2.14. The molecule has 1 aromatic carbocycles. The van der Waals surface area contributed by atoms with Crippen LogP contribution in [0.15, 0.2) is 30.9 Å². The number of carbonyl (C=O) groups excluding carboxylic acids is 1. The van der Waals surface area contributed by atoms with Crippen molar-refractivity contribution in [3.05, 3.63) is 42.5 Å². The van der Waals surface area contributed by atoms with Gasteiger partial charge in [0.25, 0.3) is 0 Å². The van der Waals surface area contributed by atoms with E-state index in [2.05, 4.69) is 11.9 Å². The van der Waals surface area contributed by atoms with Crippen molar-refractivity contribution in [2.24, 2.45) is 0 Å². The van der Waals surface area contributed by atoms with E-state index in [1.54, 1.807) is 0 Å². The van der Waals surface area contributed by atoms with Crippen LogP contribution in [0.1, 0.15) is 0 Å². The largest absolute Gasteiger partial charge is 0.320 e. The van der Waals surface area contributed by atoms with E-state index in [9.17, 15) is 13.6 Å². The summed E-state index contributed by atoms with van der Waals surface area (Å²) in [6.45, 7) is 3.20. The van der Waals surface area contributed by atoms with Crippen LogP contribution in [0.3, 0.4) is 0 Å². The van der Waals surface area contributed by atoms with Gasteiger partial charge in [-0.3, -0.25) is 4.79 Å². The summed E-state index contributed by atoms with van der Waals surface area (Å²) in [7, 11) is 0. The number of carbonyl (C=O) groups is 1. The molecule has 1 amide bonds. The molecule has 1 rings (SSSR count). The van der Waals surface area contributed by atoms with Crippen LogP contribution in [0.25, 0.3) is 0 Å². The van der Waals surface area contributed by atoms with E-state index in [-0.39, 0.29) is 5.69 Å². The Morgan fingerprint density at radius 1 is 1.46 bits per heavy atom. The van der Waals surface area contributed by atoms with Gasteiger partial charge in [0.1, 0.15) is 11.6 Å². The summed E-state index contributed by atoms with van der Waals surface area (Å²) in [5.41, 5.74) is -0.0636. The molecule has 0 unspecified atom stereocenters. The predicted molar refractivity (Wildman–Crippen MR) is 45.2 cm³/mol. The van der Waals surface area contributed by atoms with Crippen molar-refractivity contribution in [1.29, 1.82) is 0 Å². The Bertz CT molecular complexity index is 349. The van der Waals surface area contributed by atoms with Crippen molar-refractivity contribution < 1.29 is 13.6 Å². The smallest absolute Gasteiger partial charge is 0.247 e. The maximum Gasteiger partial charge on any atom is 0.247 e. The highest BCUT2D eigenvalue weighted by molar-refractivity contribution is 5.98. The number of anilines is 1. The molecule has 0 aliphatic carbocycles. The van der Waals surface area contributed by atoms with Gasteiger partial charge in [0.15, 0.2) is 0 Å². The average Bonchev–Trinajstić information content (AvgIpc) is 2.09. The number of rotatable bonds is 2. The van der Waals surface area contributed by atoms with Crippen molar-refractivity contribution >= 4 is 11.6 Å². The summed E-state index contributed by atoms with van der Waals surface area (Å²) >= 11 is 0. The maximum absolute atomic E-state index is 12.9. The van der Waals surface area contributed by atoms with Gasteiger partial charge in [0.2, 0.25) is 5.91 Å². The lowest BCUT2D eigenvalue weighted by Gasteiger charge is -2.02. The van der Waals surface area contributed by atoms with E-state index >= 15 is 0 Å². The fraction of sp³-hybridized carbons (Fsp3) is 0. The highest BCUT2D eigenvalue weighted by atomic mass is 19.1. The van der Waals surface area contributed by atoms with Crippen LogP contribution in [-0.2, 0) is 4.79 Å². The molecule has 4 heteroatoms.